The Hall–Kier alpha value is -1.23. The van der Waals surface area contributed by atoms with Crippen LogP contribution < -0.4 is 15.8 Å². The van der Waals surface area contributed by atoms with Crippen molar-refractivity contribution in [2.75, 3.05) is 12.8 Å². The number of nitrogens with two attached hydrogens (primary N) is 1. The van der Waals surface area contributed by atoms with E-state index in [2.05, 4.69) is 21.2 Å². The lowest BCUT2D eigenvalue weighted by molar-refractivity contribution is 0.202. The number of carbonyl (C=O) groups excluding carboxylic acids is 1. The number of carbonyl (C=O) groups is 1. The van der Waals surface area contributed by atoms with Gasteiger partial charge in [0, 0.05) is 18.8 Å². The molecule has 0 aromatic heterocycles. The van der Waals surface area contributed by atoms with Gasteiger partial charge in [0.2, 0.25) is 0 Å². The monoisotopic (exact) mass is 244 g/mol. The van der Waals surface area contributed by atoms with E-state index in [1.807, 2.05) is 0 Å². The topological polar surface area (TPSA) is 64.3 Å². The van der Waals surface area contributed by atoms with Gasteiger partial charge in [-0.25, -0.2) is 4.79 Å². The van der Waals surface area contributed by atoms with Crippen LogP contribution in [0.4, 0.5) is 10.5 Å². The van der Waals surface area contributed by atoms with Crippen LogP contribution in [0, 0.1) is 0 Å². The minimum Gasteiger partial charge on any atom is -0.409 e. The van der Waals surface area contributed by atoms with Gasteiger partial charge in [0.1, 0.15) is 5.75 Å². The average Bonchev–Trinajstić information content (AvgIpc) is 2.11. The highest BCUT2D eigenvalue weighted by molar-refractivity contribution is 9.10. The van der Waals surface area contributed by atoms with E-state index >= 15 is 0 Å². The van der Waals surface area contributed by atoms with Gasteiger partial charge in [-0.15, -0.1) is 0 Å². The highest BCUT2D eigenvalue weighted by atomic mass is 79.9. The molecular weight excluding hydrogens is 236 g/mol. The van der Waals surface area contributed by atoms with Crippen molar-refractivity contribution in [2.45, 2.75) is 0 Å². The van der Waals surface area contributed by atoms with E-state index in [0.29, 0.717) is 15.9 Å². The quantitative estimate of drug-likeness (QED) is 0.741. The molecule has 13 heavy (non-hydrogen) atoms. The van der Waals surface area contributed by atoms with Gasteiger partial charge >= 0.3 is 6.09 Å². The molecule has 0 fully saturated rings. The maximum absolute atomic E-state index is 10.8. The van der Waals surface area contributed by atoms with Crippen LogP contribution >= 0.6 is 15.9 Å². The molecule has 0 bridgehead atoms. The standard InChI is InChI=1S/C8H9BrN2O2/c1-11-8(12)13-7-4-5(10)2-3-6(7)9/h2-4H,10H2,1H3,(H,11,12). The number of anilines is 1. The summed E-state index contributed by atoms with van der Waals surface area (Å²) < 4.78 is 5.58. The molecule has 3 N–H and O–H groups in total. The van der Waals surface area contributed by atoms with Crippen molar-refractivity contribution in [1.82, 2.24) is 5.32 Å². The van der Waals surface area contributed by atoms with Crippen molar-refractivity contribution in [1.29, 1.82) is 0 Å². The highest BCUT2D eigenvalue weighted by Gasteiger charge is 2.05. The number of rotatable bonds is 1. The summed E-state index contributed by atoms with van der Waals surface area (Å²) in [6.07, 6.45) is -0.522. The molecule has 0 radical (unpaired) electrons. The van der Waals surface area contributed by atoms with Gasteiger partial charge in [-0.3, -0.25) is 0 Å². The van der Waals surface area contributed by atoms with Crippen LogP contribution in [-0.4, -0.2) is 13.1 Å². The molecule has 1 aromatic carbocycles. The van der Waals surface area contributed by atoms with Crippen LogP contribution in [0.15, 0.2) is 22.7 Å². The van der Waals surface area contributed by atoms with Crippen molar-refractivity contribution < 1.29 is 9.53 Å². The van der Waals surface area contributed by atoms with Crippen molar-refractivity contribution in [3.8, 4) is 5.75 Å². The van der Waals surface area contributed by atoms with Gasteiger partial charge in [-0.05, 0) is 28.1 Å². The van der Waals surface area contributed by atoms with Crippen LogP contribution in [0.5, 0.6) is 5.75 Å². The fraction of sp³-hybridized carbons (Fsp3) is 0.125. The second-order valence-electron chi connectivity index (χ2n) is 2.33. The van der Waals surface area contributed by atoms with E-state index in [4.69, 9.17) is 10.5 Å². The van der Waals surface area contributed by atoms with Crippen molar-refractivity contribution >= 4 is 27.7 Å². The van der Waals surface area contributed by atoms with Crippen LogP contribution in [0.25, 0.3) is 0 Å². The number of nitrogen functional groups attached to an aromatic ring is 1. The Balaban J connectivity index is 2.87. The number of ether oxygens (including phenoxy) is 1. The normalized spacial score (nSPS) is 9.38. The summed E-state index contributed by atoms with van der Waals surface area (Å²) in [5.74, 6) is 0.402. The van der Waals surface area contributed by atoms with E-state index < -0.39 is 6.09 Å². The van der Waals surface area contributed by atoms with Crippen molar-refractivity contribution in [2.24, 2.45) is 0 Å². The third-order valence-electron chi connectivity index (χ3n) is 1.36. The summed E-state index contributed by atoms with van der Waals surface area (Å²) in [7, 11) is 1.49. The van der Waals surface area contributed by atoms with Crippen LogP contribution in [-0.2, 0) is 0 Å². The zero-order valence-electron chi connectivity index (χ0n) is 7.00. The third kappa shape index (κ3) is 2.62. The highest BCUT2D eigenvalue weighted by Crippen LogP contribution is 2.26. The average molecular weight is 245 g/mol. The first-order chi connectivity index (χ1) is 6.13. The van der Waals surface area contributed by atoms with Crippen molar-refractivity contribution in [3.63, 3.8) is 0 Å². The molecule has 0 aliphatic rings. The van der Waals surface area contributed by atoms with Crippen LogP contribution in [0.2, 0.25) is 0 Å². The molecule has 1 rings (SSSR count). The summed E-state index contributed by atoms with van der Waals surface area (Å²) in [6.45, 7) is 0. The summed E-state index contributed by atoms with van der Waals surface area (Å²) in [4.78, 5) is 10.8. The number of hydrogen-bond acceptors (Lipinski definition) is 3. The number of benzene rings is 1. The molecule has 0 saturated carbocycles. The van der Waals surface area contributed by atoms with Crippen LogP contribution in [0.3, 0.4) is 0 Å². The smallest absolute Gasteiger partial charge is 0.409 e. The second-order valence-corrected chi connectivity index (χ2v) is 3.18. The van der Waals surface area contributed by atoms with E-state index in [-0.39, 0.29) is 0 Å². The predicted molar refractivity (Wildman–Crippen MR) is 53.6 cm³/mol. The van der Waals surface area contributed by atoms with Gasteiger partial charge in [0.25, 0.3) is 0 Å². The molecule has 0 aliphatic carbocycles. The van der Waals surface area contributed by atoms with E-state index in [1.165, 1.54) is 7.05 Å². The Morgan fingerprint density at radius 1 is 1.62 bits per heavy atom. The molecule has 0 saturated heterocycles. The minimum atomic E-state index is -0.522. The molecule has 1 aromatic rings. The largest absolute Gasteiger partial charge is 0.412 e. The molecule has 0 atom stereocenters. The Morgan fingerprint density at radius 2 is 2.31 bits per heavy atom. The fourth-order valence-corrected chi connectivity index (χ4v) is 1.08. The van der Waals surface area contributed by atoms with Gasteiger partial charge in [-0.1, -0.05) is 0 Å². The molecule has 4 nitrogen and oxygen atoms in total. The Morgan fingerprint density at radius 3 is 2.92 bits per heavy atom. The molecule has 0 aliphatic heterocycles. The van der Waals surface area contributed by atoms with E-state index in [0.717, 1.165) is 0 Å². The minimum absolute atomic E-state index is 0.402. The van der Waals surface area contributed by atoms with Gasteiger partial charge in [0.05, 0.1) is 4.47 Å². The Kier molecular flexibility index (Phi) is 3.13. The molecule has 0 unspecified atom stereocenters. The Bertz CT molecular complexity index is 328. The summed E-state index contributed by atoms with van der Waals surface area (Å²) in [5.41, 5.74) is 6.06. The lowest BCUT2D eigenvalue weighted by Gasteiger charge is -2.05. The van der Waals surface area contributed by atoms with E-state index in [1.54, 1.807) is 18.2 Å². The SMILES string of the molecule is CNC(=O)Oc1cc(N)ccc1Br. The number of halogens is 1. The molecule has 5 heteroatoms. The number of nitrogens with one attached hydrogen (secondary N) is 1. The molecular formula is C8H9BrN2O2. The summed E-state index contributed by atoms with van der Waals surface area (Å²) >= 11 is 3.23. The first-order valence-corrected chi connectivity index (χ1v) is 4.37. The molecule has 0 heterocycles. The zero-order chi connectivity index (χ0) is 9.84. The first-order valence-electron chi connectivity index (χ1n) is 3.58. The predicted octanol–water partition coefficient (Wildman–Crippen LogP) is 1.75. The zero-order valence-corrected chi connectivity index (χ0v) is 8.59. The summed E-state index contributed by atoms with van der Waals surface area (Å²) in [6, 6.07) is 4.99. The summed E-state index contributed by atoms with van der Waals surface area (Å²) in [5, 5.41) is 2.34. The number of hydrogen-bond donors (Lipinski definition) is 2. The molecule has 0 spiro atoms. The lowest BCUT2D eigenvalue weighted by Crippen LogP contribution is -2.22. The maximum Gasteiger partial charge on any atom is 0.412 e. The van der Waals surface area contributed by atoms with Crippen LogP contribution in [0.1, 0.15) is 0 Å². The maximum atomic E-state index is 10.8. The second kappa shape index (κ2) is 4.13. The van der Waals surface area contributed by atoms with Gasteiger partial charge in [0.15, 0.2) is 0 Å². The lowest BCUT2D eigenvalue weighted by atomic mass is 10.3. The first kappa shape index (κ1) is 9.85. The fourth-order valence-electron chi connectivity index (χ4n) is 0.749. The van der Waals surface area contributed by atoms with E-state index in [9.17, 15) is 4.79 Å². The van der Waals surface area contributed by atoms with Crippen molar-refractivity contribution in [3.05, 3.63) is 22.7 Å². The molecule has 1 amide bonds. The number of amides is 1. The third-order valence-corrected chi connectivity index (χ3v) is 2.02. The molecule has 70 valence electrons. The Labute approximate surface area is 84.2 Å². The van der Waals surface area contributed by atoms with Gasteiger partial charge in [-0.2, -0.15) is 0 Å². The van der Waals surface area contributed by atoms with Gasteiger partial charge < -0.3 is 15.8 Å².